The Balaban J connectivity index is 2.13. The number of ketones is 1. The zero-order chi connectivity index (χ0) is 21.4. The topological polar surface area (TPSA) is 55.8 Å². The van der Waals surface area contributed by atoms with Gasteiger partial charge >= 0.3 is 0 Å². The van der Waals surface area contributed by atoms with E-state index in [0.29, 0.717) is 24.5 Å². The van der Waals surface area contributed by atoms with Gasteiger partial charge in [0.2, 0.25) is 0 Å². The zero-order valence-electron chi connectivity index (χ0n) is 19.4. The molecule has 3 fully saturated rings. The largest absolute Gasteiger partial charge is 0.393 e. The number of carbonyl (C=O) groups excluding carboxylic acids is 1. The number of aliphatic hydroxyl groups is 1. The number of fused-ring (bicyclic) bond motifs is 2. The van der Waals surface area contributed by atoms with Crippen molar-refractivity contribution in [3.05, 3.63) is 12.2 Å². The van der Waals surface area contributed by atoms with Gasteiger partial charge in [-0.1, -0.05) is 46.8 Å². The van der Waals surface area contributed by atoms with Gasteiger partial charge < -0.3 is 14.6 Å². The Morgan fingerprint density at radius 2 is 1.97 bits per heavy atom. The molecule has 0 aromatic heterocycles. The second kappa shape index (κ2) is 8.43. The number of hydrogen-bond donors (Lipinski definition) is 1. The van der Waals surface area contributed by atoms with Crippen LogP contribution in [0.15, 0.2) is 12.2 Å². The summed E-state index contributed by atoms with van der Waals surface area (Å²) >= 11 is 0. The average Bonchev–Trinajstić information content (AvgIpc) is 2.77. The van der Waals surface area contributed by atoms with Crippen LogP contribution in [0.25, 0.3) is 0 Å². The average molecular weight is 407 g/mol. The van der Waals surface area contributed by atoms with Crippen molar-refractivity contribution in [1.29, 1.82) is 0 Å². The van der Waals surface area contributed by atoms with Gasteiger partial charge in [-0.2, -0.15) is 0 Å². The Morgan fingerprint density at radius 3 is 2.62 bits per heavy atom. The summed E-state index contributed by atoms with van der Waals surface area (Å²) in [6.45, 7) is 11.5. The maximum atomic E-state index is 12.8. The minimum absolute atomic E-state index is 0.0270. The molecule has 8 atom stereocenters. The van der Waals surface area contributed by atoms with Crippen LogP contribution in [0.2, 0.25) is 0 Å². The van der Waals surface area contributed by atoms with Crippen molar-refractivity contribution in [3.8, 4) is 0 Å². The first-order valence-corrected chi connectivity index (χ1v) is 11.6. The molecule has 1 spiro atoms. The maximum absolute atomic E-state index is 12.8. The fourth-order valence-corrected chi connectivity index (χ4v) is 6.99. The molecule has 4 nitrogen and oxygen atoms in total. The van der Waals surface area contributed by atoms with Crippen LogP contribution in [0, 0.1) is 34.0 Å². The van der Waals surface area contributed by atoms with Crippen molar-refractivity contribution >= 4 is 5.78 Å². The highest BCUT2D eigenvalue weighted by atomic mass is 16.7. The molecule has 1 N–H and O–H groups in total. The molecule has 0 amide bonds. The minimum atomic E-state index is -0.420. The van der Waals surface area contributed by atoms with Crippen LogP contribution in [0.3, 0.4) is 0 Å². The van der Waals surface area contributed by atoms with Gasteiger partial charge in [-0.15, -0.1) is 0 Å². The lowest BCUT2D eigenvalue weighted by Gasteiger charge is -2.56. The molecule has 166 valence electrons. The van der Waals surface area contributed by atoms with Gasteiger partial charge in [-0.3, -0.25) is 4.79 Å². The first kappa shape index (κ1) is 23.0. The van der Waals surface area contributed by atoms with Crippen molar-refractivity contribution in [1.82, 2.24) is 0 Å². The van der Waals surface area contributed by atoms with E-state index in [2.05, 4.69) is 46.8 Å². The van der Waals surface area contributed by atoms with Crippen LogP contribution in [0.4, 0.5) is 0 Å². The van der Waals surface area contributed by atoms with Crippen LogP contribution in [0.1, 0.15) is 79.6 Å². The van der Waals surface area contributed by atoms with Gasteiger partial charge in [0.15, 0.2) is 0 Å². The SMILES string of the molecule is CC/C=C/[C@]1(C)C[C@@H](O)[C@@]2(C)CC3(CCC(=O)C(C[C@H]2C)C3)[C@@H](C)[C@@H]1OCOC. The third kappa shape index (κ3) is 3.97. The number of hydrogen-bond acceptors (Lipinski definition) is 4. The molecule has 2 unspecified atom stereocenters. The minimum Gasteiger partial charge on any atom is -0.393 e. The van der Waals surface area contributed by atoms with Crippen molar-refractivity contribution in [3.63, 3.8) is 0 Å². The Morgan fingerprint density at radius 1 is 1.24 bits per heavy atom. The molecule has 4 heteroatoms. The molecule has 3 saturated carbocycles. The standard InChI is InChI=1S/C25H42O4/c1-7-8-10-23(4)14-21(27)24(5)15-25(18(3)22(23)29-16-28-6)11-9-20(26)19(13-25)12-17(24)2/h8,10,17-19,21-22,27H,7,9,11-16H2,1-6H3/b10-8+/t17-,18+,19?,21-,22+,23-,24+,25?/m1/s1. The van der Waals surface area contributed by atoms with Crippen LogP contribution >= 0.6 is 0 Å². The monoisotopic (exact) mass is 406 g/mol. The van der Waals surface area contributed by atoms with Crippen molar-refractivity contribution < 1.29 is 19.4 Å². The van der Waals surface area contributed by atoms with Crippen LogP contribution in [-0.4, -0.2) is 37.0 Å². The van der Waals surface area contributed by atoms with E-state index in [1.54, 1.807) is 7.11 Å². The molecule has 0 aromatic rings. The fraction of sp³-hybridized carbons (Fsp3) is 0.880. The third-order valence-electron chi connectivity index (χ3n) is 9.04. The molecular weight excluding hydrogens is 364 g/mol. The van der Waals surface area contributed by atoms with Gasteiger partial charge in [0, 0.05) is 24.9 Å². The second-order valence-electron chi connectivity index (χ2n) is 10.9. The fourth-order valence-electron chi connectivity index (χ4n) is 6.99. The van der Waals surface area contributed by atoms with Crippen molar-refractivity contribution in [2.24, 2.45) is 34.0 Å². The van der Waals surface area contributed by atoms with Crippen LogP contribution in [-0.2, 0) is 14.3 Å². The number of allylic oxidation sites excluding steroid dienone is 1. The quantitative estimate of drug-likeness (QED) is 0.507. The van der Waals surface area contributed by atoms with E-state index in [0.717, 1.165) is 32.1 Å². The molecule has 3 aliphatic rings. The lowest BCUT2D eigenvalue weighted by molar-refractivity contribution is -0.184. The molecule has 0 aromatic carbocycles. The summed E-state index contributed by atoms with van der Waals surface area (Å²) in [7, 11) is 1.67. The summed E-state index contributed by atoms with van der Waals surface area (Å²) in [4.78, 5) is 12.8. The zero-order valence-corrected chi connectivity index (χ0v) is 19.4. The first-order chi connectivity index (χ1) is 13.6. The number of ether oxygens (including phenoxy) is 2. The van der Waals surface area contributed by atoms with Gasteiger partial charge in [-0.25, -0.2) is 0 Å². The summed E-state index contributed by atoms with van der Waals surface area (Å²) in [6.07, 6.45) is 10.1. The van der Waals surface area contributed by atoms with Gasteiger partial charge in [0.05, 0.1) is 12.2 Å². The number of aliphatic hydroxyl groups excluding tert-OH is 1. The van der Waals surface area contributed by atoms with E-state index in [9.17, 15) is 9.90 Å². The first-order valence-electron chi connectivity index (χ1n) is 11.6. The number of Topliss-reactive ketones (excluding diaryl/α,β-unsaturated/α-hetero) is 1. The highest BCUT2D eigenvalue weighted by molar-refractivity contribution is 5.82. The van der Waals surface area contributed by atoms with Gasteiger partial charge in [0.25, 0.3) is 0 Å². The number of carbonyl (C=O) groups is 1. The molecule has 29 heavy (non-hydrogen) atoms. The lowest BCUT2D eigenvalue weighted by Crippen LogP contribution is -2.55. The number of methoxy groups -OCH3 is 1. The Hall–Kier alpha value is -0.710. The van der Waals surface area contributed by atoms with Gasteiger partial charge in [0.1, 0.15) is 12.6 Å². The van der Waals surface area contributed by atoms with E-state index in [4.69, 9.17) is 9.47 Å². The van der Waals surface area contributed by atoms with E-state index in [1.165, 1.54) is 0 Å². The van der Waals surface area contributed by atoms with E-state index >= 15 is 0 Å². The van der Waals surface area contributed by atoms with Crippen LogP contribution < -0.4 is 0 Å². The van der Waals surface area contributed by atoms with Crippen molar-refractivity contribution in [2.75, 3.05) is 13.9 Å². The summed E-state index contributed by atoms with van der Waals surface area (Å²) < 4.78 is 11.7. The molecule has 0 aliphatic heterocycles. The molecule has 0 saturated heterocycles. The van der Waals surface area contributed by atoms with Gasteiger partial charge in [-0.05, 0) is 61.2 Å². The molecule has 3 bridgehead atoms. The number of rotatable bonds is 5. The summed E-state index contributed by atoms with van der Waals surface area (Å²) in [5.74, 6) is 1.18. The molecule has 3 rings (SSSR count). The molecule has 3 aliphatic carbocycles. The Kier molecular flexibility index (Phi) is 6.68. The molecule has 0 heterocycles. The third-order valence-corrected chi connectivity index (χ3v) is 9.04. The summed E-state index contributed by atoms with van der Waals surface area (Å²) in [6, 6.07) is 0. The highest BCUT2D eigenvalue weighted by Gasteiger charge is 2.60. The lowest BCUT2D eigenvalue weighted by atomic mass is 9.51. The normalized spacial score (nSPS) is 48.2. The van der Waals surface area contributed by atoms with E-state index in [1.807, 2.05) is 0 Å². The summed E-state index contributed by atoms with van der Waals surface area (Å²) in [5.41, 5.74) is -0.427. The van der Waals surface area contributed by atoms with Crippen molar-refractivity contribution in [2.45, 2.75) is 91.8 Å². The maximum Gasteiger partial charge on any atom is 0.146 e. The van der Waals surface area contributed by atoms with E-state index in [-0.39, 0.29) is 41.0 Å². The predicted molar refractivity (Wildman–Crippen MR) is 115 cm³/mol. The van der Waals surface area contributed by atoms with Crippen LogP contribution in [0.5, 0.6) is 0 Å². The second-order valence-corrected chi connectivity index (χ2v) is 10.9. The predicted octanol–water partition coefficient (Wildman–Crippen LogP) is 5.14. The summed E-state index contributed by atoms with van der Waals surface area (Å²) in [5, 5.41) is 11.6. The Labute approximate surface area is 177 Å². The highest BCUT2D eigenvalue weighted by Crippen LogP contribution is 2.63. The smallest absolute Gasteiger partial charge is 0.146 e. The van der Waals surface area contributed by atoms with E-state index < -0.39 is 6.10 Å². The molecule has 0 radical (unpaired) electrons. The molecular formula is C25H42O4. The Bertz CT molecular complexity index is 630.